The number of fused-ring (bicyclic) bond motifs is 6. The summed E-state index contributed by atoms with van der Waals surface area (Å²) in [5.41, 5.74) is 9.84. The molecule has 0 aliphatic heterocycles. The summed E-state index contributed by atoms with van der Waals surface area (Å²) in [4.78, 5) is 26.0. The van der Waals surface area contributed by atoms with Gasteiger partial charge in [-0.25, -0.2) is 24.9 Å². The Morgan fingerprint density at radius 1 is 0.375 bits per heavy atom. The molecule has 7 aromatic carbocycles. The molecule has 4 heterocycles. The Hall–Kier alpha value is -7.35. The Morgan fingerprint density at radius 2 is 0.964 bits per heavy atom. The summed E-state index contributed by atoms with van der Waals surface area (Å²) in [6.45, 7) is 0. The Balaban J connectivity index is 1.20. The van der Waals surface area contributed by atoms with E-state index in [4.69, 9.17) is 29.3 Å². The summed E-state index contributed by atoms with van der Waals surface area (Å²) in [7, 11) is 0. The normalized spacial score (nSPS) is 11.6. The lowest BCUT2D eigenvalue weighted by atomic mass is 9.95. The van der Waals surface area contributed by atoms with Crippen LogP contribution in [0.1, 0.15) is 0 Å². The summed E-state index contributed by atoms with van der Waals surface area (Å²) in [6, 6.07) is 59.7. The van der Waals surface area contributed by atoms with Crippen LogP contribution in [0.2, 0.25) is 0 Å². The minimum atomic E-state index is 0.535. The highest BCUT2D eigenvalue weighted by molar-refractivity contribution is 7.26. The lowest BCUT2D eigenvalue weighted by Gasteiger charge is -2.14. The van der Waals surface area contributed by atoms with Crippen molar-refractivity contribution in [3.8, 4) is 67.9 Å². The van der Waals surface area contributed by atoms with Crippen LogP contribution in [0.15, 0.2) is 180 Å². The molecule has 7 heteroatoms. The Kier molecular flexibility index (Phi) is 7.57. The number of benzene rings is 7. The van der Waals surface area contributed by atoms with Crippen molar-refractivity contribution >= 4 is 53.6 Å². The molecular weight excluding hydrogens is 707 g/mol. The van der Waals surface area contributed by atoms with Crippen molar-refractivity contribution in [3.63, 3.8) is 0 Å². The topological polar surface area (TPSA) is 77.6 Å². The van der Waals surface area contributed by atoms with E-state index in [1.54, 1.807) is 11.3 Å². The van der Waals surface area contributed by atoms with Crippen LogP contribution in [0.25, 0.3) is 110 Å². The van der Waals surface area contributed by atoms with Crippen LogP contribution in [0.4, 0.5) is 0 Å². The van der Waals surface area contributed by atoms with Gasteiger partial charge >= 0.3 is 0 Å². The average molecular weight is 736 g/mol. The lowest BCUT2D eigenvalue weighted by molar-refractivity contribution is 0.670. The number of furan rings is 1. The first kappa shape index (κ1) is 32.1. The van der Waals surface area contributed by atoms with Crippen molar-refractivity contribution in [3.05, 3.63) is 176 Å². The van der Waals surface area contributed by atoms with Gasteiger partial charge in [-0.2, -0.15) is 0 Å². The standard InChI is InChI=1S/C49H29N5OS/c1-4-15-30(16-5-1)42-45-43(38-22-11-13-26-41(38)56-45)51-48(50-42)33-27-28-34(36-23-14-24-37-35-21-10-12-25-40(35)55-44(36)37)39(29-33)49-53-46(31-17-6-2-7-18-31)52-47(54-49)32-19-8-3-9-20-32/h1-29H. The van der Waals surface area contributed by atoms with E-state index < -0.39 is 0 Å². The van der Waals surface area contributed by atoms with E-state index in [9.17, 15) is 0 Å². The molecule has 56 heavy (non-hydrogen) atoms. The maximum Gasteiger partial charge on any atom is 0.164 e. The fraction of sp³-hybridized carbons (Fsp3) is 0. The second-order valence-corrected chi connectivity index (χ2v) is 14.7. The number of para-hydroxylation sites is 2. The van der Waals surface area contributed by atoms with Gasteiger partial charge in [-0.1, -0.05) is 158 Å². The van der Waals surface area contributed by atoms with Crippen molar-refractivity contribution in [1.29, 1.82) is 0 Å². The van der Waals surface area contributed by atoms with Crippen molar-refractivity contribution in [2.75, 3.05) is 0 Å². The van der Waals surface area contributed by atoms with E-state index >= 15 is 0 Å². The van der Waals surface area contributed by atoms with Crippen molar-refractivity contribution in [2.24, 2.45) is 0 Å². The molecule has 0 N–H and O–H groups in total. The molecule has 0 atom stereocenters. The monoisotopic (exact) mass is 735 g/mol. The van der Waals surface area contributed by atoms with Crippen LogP contribution in [-0.2, 0) is 0 Å². The van der Waals surface area contributed by atoms with Crippen molar-refractivity contribution in [2.45, 2.75) is 0 Å². The van der Waals surface area contributed by atoms with Crippen LogP contribution in [0.5, 0.6) is 0 Å². The molecule has 11 aromatic rings. The summed E-state index contributed by atoms with van der Waals surface area (Å²) < 4.78 is 8.83. The van der Waals surface area contributed by atoms with Gasteiger partial charge in [0.25, 0.3) is 0 Å². The fourth-order valence-electron chi connectivity index (χ4n) is 7.50. The number of hydrogen-bond acceptors (Lipinski definition) is 7. The molecule has 0 saturated carbocycles. The first-order valence-corrected chi connectivity index (χ1v) is 19.2. The van der Waals surface area contributed by atoms with E-state index in [0.717, 1.165) is 82.2 Å². The molecule has 0 amide bonds. The summed E-state index contributed by atoms with van der Waals surface area (Å²) in [6.07, 6.45) is 0. The molecule has 0 radical (unpaired) electrons. The average Bonchev–Trinajstić information content (AvgIpc) is 3.85. The number of rotatable bonds is 6. The number of aromatic nitrogens is 5. The molecule has 0 fully saturated rings. The first-order chi connectivity index (χ1) is 27.7. The minimum absolute atomic E-state index is 0.535. The summed E-state index contributed by atoms with van der Waals surface area (Å²) in [5.74, 6) is 2.33. The molecule has 0 bridgehead atoms. The molecule has 0 aliphatic carbocycles. The van der Waals surface area contributed by atoms with Crippen LogP contribution in [0.3, 0.4) is 0 Å². The second kappa shape index (κ2) is 13.2. The Bertz CT molecular complexity index is 3190. The van der Waals surface area contributed by atoms with E-state index in [-0.39, 0.29) is 0 Å². The SMILES string of the molecule is c1ccc(-c2nc(-c3ccccc3)nc(-c3cc(-c4nc(-c5ccccc5)c5sc6ccccc6c5n4)ccc3-c3cccc4c3oc3ccccc34)n2)cc1. The predicted molar refractivity (Wildman–Crippen MR) is 228 cm³/mol. The smallest absolute Gasteiger partial charge is 0.164 e. The quantitative estimate of drug-likeness (QED) is 0.169. The largest absolute Gasteiger partial charge is 0.455 e. The van der Waals surface area contributed by atoms with Gasteiger partial charge in [-0.15, -0.1) is 11.3 Å². The zero-order valence-electron chi connectivity index (χ0n) is 29.8. The van der Waals surface area contributed by atoms with E-state index in [1.165, 1.54) is 4.70 Å². The van der Waals surface area contributed by atoms with Gasteiger partial charge in [0.1, 0.15) is 11.2 Å². The molecule has 0 aliphatic rings. The molecule has 11 rings (SSSR count). The summed E-state index contributed by atoms with van der Waals surface area (Å²) in [5, 5.41) is 3.22. The zero-order chi connectivity index (χ0) is 37.0. The molecule has 0 unspecified atom stereocenters. The van der Waals surface area contributed by atoms with Gasteiger partial charge in [-0.05, 0) is 23.8 Å². The maximum atomic E-state index is 6.60. The molecule has 262 valence electrons. The predicted octanol–water partition coefficient (Wildman–Crippen LogP) is 12.9. The molecule has 0 saturated heterocycles. The van der Waals surface area contributed by atoms with Gasteiger partial charge in [-0.3, -0.25) is 0 Å². The van der Waals surface area contributed by atoms with Crippen LogP contribution in [0, 0.1) is 0 Å². The third-order valence-electron chi connectivity index (χ3n) is 10.2. The maximum absolute atomic E-state index is 6.60. The van der Waals surface area contributed by atoms with E-state index in [2.05, 4.69) is 91.0 Å². The highest BCUT2D eigenvalue weighted by Crippen LogP contribution is 2.43. The number of thiophene rings is 1. The van der Waals surface area contributed by atoms with Crippen molar-refractivity contribution in [1.82, 2.24) is 24.9 Å². The third-order valence-corrected chi connectivity index (χ3v) is 11.3. The summed E-state index contributed by atoms with van der Waals surface area (Å²) >= 11 is 1.73. The highest BCUT2D eigenvalue weighted by Gasteiger charge is 2.22. The molecule has 0 spiro atoms. The number of hydrogen-bond donors (Lipinski definition) is 0. The van der Waals surface area contributed by atoms with Gasteiger partial charge in [0.2, 0.25) is 0 Å². The van der Waals surface area contributed by atoms with E-state index in [0.29, 0.717) is 23.3 Å². The second-order valence-electron chi connectivity index (χ2n) is 13.6. The fourth-order valence-corrected chi connectivity index (χ4v) is 8.66. The van der Waals surface area contributed by atoms with Gasteiger partial charge in [0.15, 0.2) is 23.3 Å². The van der Waals surface area contributed by atoms with Crippen LogP contribution in [-0.4, -0.2) is 24.9 Å². The van der Waals surface area contributed by atoms with Crippen LogP contribution >= 0.6 is 11.3 Å². The molecule has 4 aromatic heterocycles. The highest BCUT2D eigenvalue weighted by atomic mass is 32.1. The third kappa shape index (κ3) is 5.44. The first-order valence-electron chi connectivity index (χ1n) is 18.4. The molecular formula is C49H29N5OS. The minimum Gasteiger partial charge on any atom is -0.455 e. The number of nitrogens with zero attached hydrogens (tertiary/aromatic N) is 5. The molecule has 6 nitrogen and oxygen atoms in total. The van der Waals surface area contributed by atoms with Gasteiger partial charge in [0.05, 0.1) is 15.9 Å². The van der Waals surface area contributed by atoms with Crippen molar-refractivity contribution < 1.29 is 4.42 Å². The Morgan fingerprint density at radius 3 is 1.70 bits per heavy atom. The van der Waals surface area contributed by atoms with Gasteiger partial charge in [0, 0.05) is 54.2 Å². The van der Waals surface area contributed by atoms with Crippen LogP contribution < -0.4 is 0 Å². The Labute approximate surface area is 325 Å². The zero-order valence-corrected chi connectivity index (χ0v) is 30.6. The van der Waals surface area contributed by atoms with E-state index in [1.807, 2.05) is 84.9 Å². The lowest BCUT2D eigenvalue weighted by Crippen LogP contribution is -2.02. The van der Waals surface area contributed by atoms with Gasteiger partial charge < -0.3 is 4.42 Å².